The van der Waals surface area contributed by atoms with Crippen LogP contribution in [0.2, 0.25) is 0 Å². The lowest BCUT2D eigenvalue weighted by molar-refractivity contribution is 0.423. The molecule has 0 aromatic heterocycles. The van der Waals surface area contributed by atoms with E-state index >= 15 is 0 Å². The van der Waals surface area contributed by atoms with Crippen molar-refractivity contribution in [1.82, 2.24) is 4.90 Å². The minimum absolute atomic E-state index is 1.15. The van der Waals surface area contributed by atoms with E-state index in [0.717, 1.165) is 6.54 Å². The molecule has 73 valence electrons. The maximum atomic E-state index is 3.82. The van der Waals surface area contributed by atoms with Crippen LogP contribution in [0.1, 0.15) is 51.9 Å². The fourth-order valence-electron chi connectivity index (χ4n) is 1.34. The molecule has 0 unspecified atom stereocenters. The average Bonchev–Trinajstić information content (AvgIpc) is 2.02. The van der Waals surface area contributed by atoms with Crippen LogP contribution in [0.5, 0.6) is 0 Å². The molecule has 0 heterocycles. The topological polar surface area (TPSA) is 3.24 Å². The largest absolute Gasteiger partial charge is 0.305 e. The molecule has 0 fully saturated rings. The van der Waals surface area contributed by atoms with E-state index in [1.165, 1.54) is 44.9 Å². The van der Waals surface area contributed by atoms with E-state index in [0.29, 0.717) is 0 Å². The van der Waals surface area contributed by atoms with Gasteiger partial charge >= 0.3 is 0 Å². The third-order valence-corrected chi connectivity index (χ3v) is 2.14. The minimum atomic E-state index is 1.15. The second-order valence-electron chi connectivity index (χ2n) is 3.70. The van der Waals surface area contributed by atoms with Crippen LogP contribution in [0, 0.1) is 7.05 Å². The third kappa shape index (κ3) is 9.96. The van der Waals surface area contributed by atoms with Crippen LogP contribution >= 0.6 is 0 Å². The first-order valence-electron chi connectivity index (χ1n) is 5.29. The molecule has 0 spiro atoms. The smallest absolute Gasteiger partial charge is 0.0106 e. The van der Waals surface area contributed by atoms with Gasteiger partial charge in [0.1, 0.15) is 0 Å². The Hall–Kier alpha value is -0.0400. The summed E-state index contributed by atoms with van der Waals surface area (Å²) in [6, 6.07) is 0. The molecule has 0 aromatic rings. The van der Waals surface area contributed by atoms with Crippen LogP contribution in [0.25, 0.3) is 0 Å². The first kappa shape index (κ1) is 12.0. The van der Waals surface area contributed by atoms with Crippen LogP contribution in [0.15, 0.2) is 0 Å². The summed E-state index contributed by atoms with van der Waals surface area (Å²) < 4.78 is 0. The molecule has 0 aliphatic rings. The summed E-state index contributed by atoms with van der Waals surface area (Å²) in [4.78, 5) is 2.02. The van der Waals surface area contributed by atoms with E-state index < -0.39 is 0 Å². The Morgan fingerprint density at radius 3 is 1.92 bits per heavy atom. The lowest BCUT2D eigenvalue weighted by atomic mass is 10.1. The van der Waals surface area contributed by atoms with Gasteiger partial charge in [0.15, 0.2) is 0 Å². The molecule has 0 atom stereocenters. The number of unbranched alkanes of at least 4 members (excludes halogenated alkanes) is 6. The Kier molecular flexibility index (Phi) is 9.02. The predicted molar refractivity (Wildman–Crippen MR) is 56.0 cm³/mol. The maximum Gasteiger partial charge on any atom is 0.0106 e. The molecule has 1 nitrogen and oxygen atoms in total. The molecule has 0 rings (SSSR count). The second kappa shape index (κ2) is 9.05. The second-order valence-corrected chi connectivity index (χ2v) is 3.70. The van der Waals surface area contributed by atoms with Gasteiger partial charge in [-0.15, -0.1) is 0 Å². The van der Waals surface area contributed by atoms with Gasteiger partial charge in [0, 0.05) is 7.05 Å². The highest BCUT2D eigenvalue weighted by atomic mass is 15.0. The maximum absolute atomic E-state index is 3.82. The number of nitrogens with zero attached hydrogens (tertiary/aromatic N) is 1. The Bertz CT molecular complexity index is 79.1. The van der Waals surface area contributed by atoms with E-state index in [4.69, 9.17) is 0 Å². The summed E-state index contributed by atoms with van der Waals surface area (Å²) in [5.41, 5.74) is 0. The van der Waals surface area contributed by atoms with Crippen molar-refractivity contribution >= 4 is 0 Å². The zero-order valence-electron chi connectivity index (χ0n) is 8.81. The molecule has 0 aromatic carbocycles. The van der Waals surface area contributed by atoms with Crippen LogP contribution < -0.4 is 0 Å². The predicted octanol–water partition coefficient (Wildman–Crippen LogP) is 3.46. The van der Waals surface area contributed by atoms with Crippen molar-refractivity contribution in [3.8, 4) is 0 Å². The Balaban J connectivity index is 2.82. The van der Waals surface area contributed by atoms with E-state index in [1.54, 1.807) is 0 Å². The van der Waals surface area contributed by atoms with Crippen molar-refractivity contribution in [3.05, 3.63) is 7.05 Å². The van der Waals surface area contributed by atoms with Crippen molar-refractivity contribution in [1.29, 1.82) is 0 Å². The molecule has 1 radical (unpaired) electrons. The SMILES string of the molecule is [CH2]N(C)CCCCCCCCC. The minimum Gasteiger partial charge on any atom is -0.305 e. The average molecular weight is 170 g/mol. The van der Waals surface area contributed by atoms with Gasteiger partial charge in [0.25, 0.3) is 0 Å². The van der Waals surface area contributed by atoms with E-state index in [-0.39, 0.29) is 0 Å². The fourth-order valence-corrected chi connectivity index (χ4v) is 1.34. The molecular weight excluding hydrogens is 146 g/mol. The molecule has 0 bridgehead atoms. The number of hydrogen-bond donors (Lipinski definition) is 0. The van der Waals surface area contributed by atoms with E-state index in [2.05, 4.69) is 14.0 Å². The monoisotopic (exact) mass is 170 g/mol. The van der Waals surface area contributed by atoms with Gasteiger partial charge in [-0.1, -0.05) is 45.4 Å². The van der Waals surface area contributed by atoms with Crippen molar-refractivity contribution in [3.63, 3.8) is 0 Å². The molecule has 0 N–H and O–H groups in total. The summed E-state index contributed by atoms with van der Waals surface area (Å²) in [5.74, 6) is 0. The highest BCUT2D eigenvalue weighted by molar-refractivity contribution is 4.49. The summed E-state index contributed by atoms with van der Waals surface area (Å²) in [6.45, 7) is 3.41. The number of hydrogen-bond acceptors (Lipinski definition) is 1. The molecule has 0 amide bonds. The van der Waals surface area contributed by atoms with Gasteiger partial charge in [0.2, 0.25) is 0 Å². The van der Waals surface area contributed by atoms with E-state index in [9.17, 15) is 0 Å². The molecule has 1 heteroatoms. The first-order valence-corrected chi connectivity index (χ1v) is 5.29. The first-order chi connectivity index (χ1) is 5.77. The summed E-state index contributed by atoms with van der Waals surface area (Å²) in [7, 11) is 5.86. The number of rotatable bonds is 8. The highest BCUT2D eigenvalue weighted by Crippen LogP contribution is 2.06. The fraction of sp³-hybridized carbons (Fsp3) is 0.909. The normalized spacial score (nSPS) is 11.0. The molecule has 0 saturated heterocycles. The molecule has 0 aliphatic heterocycles. The quantitative estimate of drug-likeness (QED) is 0.504. The molecule has 12 heavy (non-hydrogen) atoms. The lowest BCUT2D eigenvalue weighted by Gasteiger charge is -2.07. The molecule has 0 saturated carbocycles. The van der Waals surface area contributed by atoms with Crippen LogP contribution in [-0.4, -0.2) is 18.5 Å². The Morgan fingerprint density at radius 1 is 0.917 bits per heavy atom. The van der Waals surface area contributed by atoms with Crippen LogP contribution in [0.3, 0.4) is 0 Å². The molecule has 0 aliphatic carbocycles. The summed E-state index contributed by atoms with van der Waals surface area (Å²) in [5, 5.41) is 0. The van der Waals surface area contributed by atoms with Gasteiger partial charge in [-0.25, -0.2) is 0 Å². The lowest BCUT2D eigenvalue weighted by Crippen LogP contribution is -2.09. The van der Waals surface area contributed by atoms with Gasteiger partial charge in [-0.3, -0.25) is 0 Å². The standard InChI is InChI=1S/C11H24N/c1-4-5-6-7-8-9-10-11-12(2)3/h2,4-11H2,1,3H3. The van der Waals surface area contributed by atoms with Gasteiger partial charge in [-0.2, -0.15) is 0 Å². The van der Waals surface area contributed by atoms with Gasteiger partial charge < -0.3 is 4.90 Å². The van der Waals surface area contributed by atoms with Crippen LogP contribution in [0.4, 0.5) is 0 Å². The Labute approximate surface area is 78.1 Å². The van der Waals surface area contributed by atoms with E-state index in [1.807, 2.05) is 11.9 Å². The van der Waals surface area contributed by atoms with Gasteiger partial charge in [0.05, 0.1) is 0 Å². The van der Waals surface area contributed by atoms with Crippen molar-refractivity contribution in [2.45, 2.75) is 51.9 Å². The van der Waals surface area contributed by atoms with Crippen molar-refractivity contribution in [2.24, 2.45) is 0 Å². The van der Waals surface area contributed by atoms with Crippen LogP contribution in [-0.2, 0) is 0 Å². The third-order valence-electron chi connectivity index (χ3n) is 2.14. The van der Waals surface area contributed by atoms with Gasteiger partial charge in [-0.05, 0) is 20.0 Å². The summed E-state index contributed by atoms with van der Waals surface area (Å²) in [6.07, 6.45) is 9.71. The Morgan fingerprint density at radius 2 is 1.42 bits per heavy atom. The van der Waals surface area contributed by atoms with Crippen molar-refractivity contribution in [2.75, 3.05) is 13.6 Å². The highest BCUT2D eigenvalue weighted by Gasteiger charge is 1.91. The zero-order valence-corrected chi connectivity index (χ0v) is 8.81. The molecular formula is C11H24N. The van der Waals surface area contributed by atoms with Crippen molar-refractivity contribution < 1.29 is 0 Å². The summed E-state index contributed by atoms with van der Waals surface area (Å²) >= 11 is 0. The zero-order chi connectivity index (χ0) is 9.23.